The van der Waals surface area contributed by atoms with E-state index < -0.39 is 6.04 Å². The van der Waals surface area contributed by atoms with Crippen LogP contribution in [0.3, 0.4) is 0 Å². The Bertz CT molecular complexity index is 1470. The number of para-hydroxylation sites is 1. The first-order valence-corrected chi connectivity index (χ1v) is 13.7. The van der Waals surface area contributed by atoms with Crippen molar-refractivity contribution in [2.75, 3.05) is 7.11 Å². The van der Waals surface area contributed by atoms with Crippen LogP contribution in [0.25, 0.3) is 11.5 Å². The minimum Gasteiger partial charge on any atom is -0.497 e. The van der Waals surface area contributed by atoms with E-state index in [0.29, 0.717) is 17.1 Å². The van der Waals surface area contributed by atoms with Gasteiger partial charge in [-0.1, -0.05) is 56.0 Å². The first kappa shape index (κ1) is 25.0. The average molecular weight is 524 g/mol. The van der Waals surface area contributed by atoms with Crippen molar-refractivity contribution in [3.63, 3.8) is 0 Å². The average Bonchev–Trinajstić information content (AvgIpc) is 3.51. The van der Waals surface area contributed by atoms with E-state index in [1.54, 1.807) is 22.9 Å². The molecule has 2 amide bonds. The van der Waals surface area contributed by atoms with E-state index >= 15 is 0 Å². The van der Waals surface area contributed by atoms with Gasteiger partial charge in [0.05, 0.1) is 24.7 Å². The Hall–Kier alpha value is -4.33. The van der Waals surface area contributed by atoms with Crippen molar-refractivity contribution >= 4 is 11.8 Å². The fraction of sp³-hybridized carbons (Fsp3) is 0.323. The quantitative estimate of drug-likeness (QED) is 0.352. The number of hydrogen-bond donors (Lipinski definition) is 1. The maximum absolute atomic E-state index is 14.3. The molecule has 2 aliphatic rings. The number of carbonyl (C=O) groups is 2. The molecule has 1 atom stereocenters. The van der Waals surface area contributed by atoms with E-state index in [4.69, 9.17) is 4.74 Å². The Labute approximate surface area is 228 Å². The number of nitrogens with zero attached hydrogens (tertiary/aromatic N) is 4. The van der Waals surface area contributed by atoms with Gasteiger partial charge in [0, 0.05) is 18.8 Å². The molecule has 2 aromatic carbocycles. The maximum atomic E-state index is 14.3. The Balaban J connectivity index is 1.46. The van der Waals surface area contributed by atoms with Gasteiger partial charge in [0.1, 0.15) is 11.3 Å². The van der Waals surface area contributed by atoms with Crippen LogP contribution in [0.1, 0.15) is 66.2 Å². The van der Waals surface area contributed by atoms with Crippen LogP contribution in [0.4, 0.5) is 0 Å². The molecule has 0 radical (unpaired) electrons. The molecular formula is C31H33N5O3. The molecular weight excluding hydrogens is 490 g/mol. The Morgan fingerprint density at radius 3 is 2.56 bits per heavy atom. The molecule has 1 aliphatic heterocycles. The second-order valence-corrected chi connectivity index (χ2v) is 10.3. The Kier molecular flexibility index (Phi) is 6.92. The number of aromatic nitrogens is 3. The normalized spacial score (nSPS) is 17.6. The van der Waals surface area contributed by atoms with Crippen molar-refractivity contribution in [3.8, 4) is 17.3 Å². The van der Waals surface area contributed by atoms with E-state index in [9.17, 15) is 9.59 Å². The summed E-state index contributed by atoms with van der Waals surface area (Å²) in [4.78, 5) is 30.1. The van der Waals surface area contributed by atoms with Crippen LogP contribution in [0.5, 0.6) is 5.75 Å². The summed E-state index contributed by atoms with van der Waals surface area (Å²) in [6.07, 6.45) is 10.1. The summed E-state index contributed by atoms with van der Waals surface area (Å²) in [5, 5.41) is 7.93. The van der Waals surface area contributed by atoms with Crippen LogP contribution in [-0.2, 0) is 11.3 Å². The van der Waals surface area contributed by atoms with Gasteiger partial charge in [-0.3, -0.25) is 9.59 Å². The molecule has 6 rings (SSSR count). The molecule has 2 aromatic heterocycles. The number of ether oxygens (including phenoxy) is 1. The third-order valence-corrected chi connectivity index (χ3v) is 7.77. The summed E-state index contributed by atoms with van der Waals surface area (Å²) in [6, 6.07) is 20.5. The van der Waals surface area contributed by atoms with E-state index in [2.05, 4.69) is 10.4 Å². The molecule has 200 valence electrons. The van der Waals surface area contributed by atoms with Crippen molar-refractivity contribution in [1.29, 1.82) is 0 Å². The summed E-state index contributed by atoms with van der Waals surface area (Å²) < 4.78 is 9.14. The number of amides is 2. The van der Waals surface area contributed by atoms with Gasteiger partial charge in [-0.05, 0) is 54.8 Å². The van der Waals surface area contributed by atoms with Gasteiger partial charge in [-0.15, -0.1) is 0 Å². The van der Waals surface area contributed by atoms with Crippen LogP contribution < -0.4 is 10.1 Å². The third-order valence-electron chi connectivity index (χ3n) is 7.77. The molecule has 8 nitrogen and oxygen atoms in total. The van der Waals surface area contributed by atoms with E-state index in [1.807, 2.05) is 77.5 Å². The van der Waals surface area contributed by atoms with Crippen LogP contribution in [-0.4, -0.2) is 44.2 Å². The van der Waals surface area contributed by atoms with Crippen molar-refractivity contribution < 1.29 is 14.3 Å². The Morgan fingerprint density at radius 1 is 1.00 bits per heavy atom. The number of rotatable bonds is 6. The van der Waals surface area contributed by atoms with E-state index in [1.165, 1.54) is 12.8 Å². The number of benzene rings is 2. The van der Waals surface area contributed by atoms with E-state index in [-0.39, 0.29) is 24.4 Å². The highest BCUT2D eigenvalue weighted by molar-refractivity contribution is 6.01. The summed E-state index contributed by atoms with van der Waals surface area (Å²) in [6.45, 7) is 0.250. The first-order chi connectivity index (χ1) is 19.1. The lowest BCUT2D eigenvalue weighted by Crippen LogP contribution is -2.46. The molecule has 3 heterocycles. The van der Waals surface area contributed by atoms with Gasteiger partial charge in [0.25, 0.3) is 5.91 Å². The molecule has 39 heavy (non-hydrogen) atoms. The predicted molar refractivity (Wildman–Crippen MR) is 148 cm³/mol. The topological polar surface area (TPSA) is 81.4 Å². The lowest BCUT2D eigenvalue weighted by atomic mass is 10.1. The van der Waals surface area contributed by atoms with Gasteiger partial charge in [0.2, 0.25) is 5.91 Å². The molecule has 8 heteroatoms. The maximum Gasteiger partial charge on any atom is 0.260 e. The van der Waals surface area contributed by atoms with Gasteiger partial charge in [-0.25, -0.2) is 4.68 Å². The van der Waals surface area contributed by atoms with Crippen LogP contribution in [0.15, 0.2) is 79.1 Å². The molecule has 1 fully saturated rings. The molecule has 1 N–H and O–H groups in total. The fourth-order valence-corrected chi connectivity index (χ4v) is 5.83. The van der Waals surface area contributed by atoms with Crippen LogP contribution >= 0.6 is 0 Å². The smallest absolute Gasteiger partial charge is 0.260 e. The van der Waals surface area contributed by atoms with Crippen LogP contribution in [0, 0.1) is 0 Å². The summed E-state index contributed by atoms with van der Waals surface area (Å²) in [7, 11) is 1.62. The SMILES string of the molecule is COc1cccc(CN2C(=O)c3cnn(-c4ccccc4)c3-n3cccc3C2C(=O)NC2CCCCCC2)c1. The molecule has 0 bridgehead atoms. The summed E-state index contributed by atoms with van der Waals surface area (Å²) >= 11 is 0. The minimum atomic E-state index is -0.807. The third kappa shape index (κ3) is 4.82. The Morgan fingerprint density at radius 2 is 1.79 bits per heavy atom. The van der Waals surface area contributed by atoms with Crippen molar-refractivity contribution in [2.24, 2.45) is 0 Å². The van der Waals surface area contributed by atoms with Crippen LogP contribution in [0.2, 0.25) is 0 Å². The lowest BCUT2D eigenvalue weighted by Gasteiger charge is -2.31. The highest BCUT2D eigenvalue weighted by Crippen LogP contribution is 2.35. The van der Waals surface area contributed by atoms with Gasteiger partial charge in [0.15, 0.2) is 11.9 Å². The summed E-state index contributed by atoms with van der Waals surface area (Å²) in [5.41, 5.74) is 2.90. The standard InChI is InChI=1S/C31H33N5O3/c1-39-25-16-9-11-22(19-25)21-35-28(29(37)33-23-12-5-2-3-6-13-23)27-17-10-18-34(27)30-26(31(35)38)20-32-36(30)24-14-7-4-8-15-24/h4,7-11,14-20,23,28H,2-3,5-6,12-13,21H2,1H3,(H,33,37). The van der Waals surface area contributed by atoms with Gasteiger partial charge >= 0.3 is 0 Å². The highest BCUT2D eigenvalue weighted by atomic mass is 16.5. The highest BCUT2D eigenvalue weighted by Gasteiger charge is 2.40. The zero-order valence-electron chi connectivity index (χ0n) is 22.1. The number of fused-ring (bicyclic) bond motifs is 3. The number of methoxy groups -OCH3 is 1. The largest absolute Gasteiger partial charge is 0.497 e. The number of carbonyl (C=O) groups excluding carboxylic acids is 2. The predicted octanol–water partition coefficient (Wildman–Crippen LogP) is 5.21. The van der Waals surface area contributed by atoms with E-state index in [0.717, 1.165) is 42.6 Å². The molecule has 1 unspecified atom stereocenters. The lowest BCUT2D eigenvalue weighted by molar-refractivity contribution is -0.127. The second-order valence-electron chi connectivity index (χ2n) is 10.3. The zero-order chi connectivity index (χ0) is 26.8. The monoisotopic (exact) mass is 523 g/mol. The van der Waals surface area contributed by atoms with Crippen molar-refractivity contribution in [1.82, 2.24) is 24.6 Å². The minimum absolute atomic E-state index is 0.114. The summed E-state index contributed by atoms with van der Waals surface area (Å²) in [5.74, 6) is 0.948. The molecule has 1 saturated carbocycles. The second kappa shape index (κ2) is 10.8. The first-order valence-electron chi connectivity index (χ1n) is 13.7. The van der Waals surface area contributed by atoms with Crippen molar-refractivity contribution in [2.45, 2.75) is 57.2 Å². The molecule has 1 aliphatic carbocycles. The molecule has 0 saturated heterocycles. The molecule has 0 spiro atoms. The van der Waals surface area contributed by atoms with Gasteiger partial charge in [-0.2, -0.15) is 5.10 Å². The molecule has 4 aromatic rings. The van der Waals surface area contributed by atoms with Crippen molar-refractivity contribution in [3.05, 3.63) is 95.9 Å². The fourth-order valence-electron chi connectivity index (χ4n) is 5.83. The zero-order valence-corrected chi connectivity index (χ0v) is 22.1. The van der Waals surface area contributed by atoms with Gasteiger partial charge < -0.3 is 19.5 Å². The number of nitrogens with one attached hydrogen (secondary N) is 1. The number of hydrogen-bond acceptors (Lipinski definition) is 4.